The summed E-state index contributed by atoms with van der Waals surface area (Å²) in [5, 5.41) is 0. The van der Waals surface area contributed by atoms with E-state index in [4.69, 9.17) is 18.8 Å². The van der Waals surface area contributed by atoms with Gasteiger partial charge in [-0.25, -0.2) is 4.79 Å². The Morgan fingerprint density at radius 2 is 1.72 bits per heavy atom. The summed E-state index contributed by atoms with van der Waals surface area (Å²) < 4.78 is 22.5. The lowest BCUT2D eigenvalue weighted by atomic mass is 9.70. The first-order valence-corrected chi connectivity index (χ1v) is 8.77. The number of ether oxygens (including phenoxy) is 2. The lowest BCUT2D eigenvalue weighted by molar-refractivity contribution is -0.0395. The largest absolute Gasteiger partial charge is 0.508 e. The summed E-state index contributed by atoms with van der Waals surface area (Å²) in [6, 6.07) is 0. The van der Waals surface area contributed by atoms with E-state index in [0.717, 1.165) is 23.1 Å². The van der Waals surface area contributed by atoms with E-state index in [1.807, 2.05) is 6.92 Å². The first-order chi connectivity index (χ1) is 11.5. The van der Waals surface area contributed by atoms with Gasteiger partial charge in [0.25, 0.3) is 0 Å². The van der Waals surface area contributed by atoms with Crippen LogP contribution in [-0.4, -0.2) is 37.7 Å². The Morgan fingerprint density at radius 3 is 2.24 bits per heavy atom. The van der Waals surface area contributed by atoms with Gasteiger partial charge in [0.05, 0.1) is 16.6 Å². The van der Waals surface area contributed by atoms with Gasteiger partial charge < -0.3 is 18.8 Å². The highest BCUT2D eigenvalue weighted by atomic mass is 16.7. The number of hydrogen-bond acceptors (Lipinski definition) is 5. The number of allylic oxidation sites excluding steroid dienone is 4. The van der Waals surface area contributed by atoms with Crippen LogP contribution in [0.1, 0.15) is 41.0 Å². The van der Waals surface area contributed by atoms with E-state index in [1.54, 1.807) is 0 Å². The summed E-state index contributed by atoms with van der Waals surface area (Å²) in [4.78, 5) is 11.2. The average molecular weight is 346 g/mol. The quantitative estimate of drug-likeness (QED) is 0.570. The number of cyclic esters (lactones) is 2. The molecule has 1 spiro atoms. The van der Waals surface area contributed by atoms with Gasteiger partial charge in [0.15, 0.2) is 0 Å². The van der Waals surface area contributed by atoms with Crippen molar-refractivity contribution in [2.45, 2.75) is 58.6 Å². The van der Waals surface area contributed by atoms with E-state index < -0.39 is 6.16 Å². The Balaban J connectivity index is 1.77. The molecule has 0 unspecified atom stereocenters. The van der Waals surface area contributed by atoms with Gasteiger partial charge in [0.1, 0.15) is 13.2 Å². The molecule has 0 N–H and O–H groups in total. The SMILES string of the molecule is C=C(C)C1=CC2(CC=C1CB1OC(C)(C)C(C)(C)O1)COC(=O)OC2. The van der Waals surface area contributed by atoms with Gasteiger partial charge in [-0.15, -0.1) is 0 Å². The summed E-state index contributed by atoms with van der Waals surface area (Å²) in [5.74, 6) is 0. The zero-order chi connectivity index (χ0) is 18.5. The molecule has 5 nitrogen and oxygen atoms in total. The van der Waals surface area contributed by atoms with Gasteiger partial charge in [-0.2, -0.15) is 0 Å². The molecule has 2 heterocycles. The Morgan fingerprint density at radius 1 is 1.16 bits per heavy atom. The molecule has 2 saturated heterocycles. The molecule has 0 bridgehead atoms. The van der Waals surface area contributed by atoms with Crippen LogP contribution < -0.4 is 0 Å². The third-order valence-electron chi connectivity index (χ3n) is 5.65. The number of carbonyl (C=O) groups excluding carboxylic acids is 1. The fourth-order valence-electron chi connectivity index (χ4n) is 3.40. The van der Waals surface area contributed by atoms with E-state index in [-0.39, 0.29) is 23.7 Å². The Kier molecular flexibility index (Phi) is 4.40. The minimum absolute atomic E-state index is 0.284. The van der Waals surface area contributed by atoms with Crippen molar-refractivity contribution in [2.24, 2.45) is 5.41 Å². The third-order valence-corrected chi connectivity index (χ3v) is 5.65. The second-order valence-corrected chi connectivity index (χ2v) is 8.35. The van der Waals surface area contributed by atoms with Crippen LogP contribution in [0.15, 0.2) is 35.5 Å². The Bertz CT molecular complexity index is 633. The standard InChI is InChI=1S/C19H27BO5/c1-13(2)15-9-19(11-22-16(21)23-12-19)8-7-14(15)10-20-24-17(3,4)18(5,6)25-20/h7,9H,1,8,10-12H2,2-6H3. The summed E-state index contributed by atoms with van der Waals surface area (Å²) in [6.45, 7) is 15.0. The molecule has 0 amide bonds. The second kappa shape index (κ2) is 6.03. The maximum absolute atomic E-state index is 11.2. The Hall–Kier alpha value is -1.53. The van der Waals surface area contributed by atoms with Crippen molar-refractivity contribution in [3.05, 3.63) is 35.5 Å². The van der Waals surface area contributed by atoms with Crippen LogP contribution in [0.4, 0.5) is 4.79 Å². The molecule has 0 aromatic carbocycles. The van der Waals surface area contributed by atoms with Gasteiger partial charge in [-0.05, 0) is 52.2 Å². The molecule has 0 atom stereocenters. The molecule has 136 valence electrons. The van der Waals surface area contributed by atoms with Crippen LogP contribution in [0.2, 0.25) is 6.32 Å². The molecule has 2 fully saturated rings. The molecule has 0 saturated carbocycles. The second-order valence-electron chi connectivity index (χ2n) is 8.35. The summed E-state index contributed by atoms with van der Waals surface area (Å²) in [6.07, 6.45) is 5.15. The summed E-state index contributed by atoms with van der Waals surface area (Å²) in [5.41, 5.74) is 2.22. The number of rotatable bonds is 3. The third kappa shape index (κ3) is 3.42. The van der Waals surface area contributed by atoms with Crippen molar-refractivity contribution in [3.63, 3.8) is 0 Å². The molecule has 0 aromatic rings. The zero-order valence-corrected chi connectivity index (χ0v) is 15.8. The Labute approximate surface area is 150 Å². The first kappa shape index (κ1) is 18.3. The average Bonchev–Trinajstić information content (AvgIpc) is 2.71. The van der Waals surface area contributed by atoms with E-state index in [1.165, 1.54) is 0 Å². The van der Waals surface area contributed by atoms with E-state index in [0.29, 0.717) is 19.5 Å². The minimum atomic E-state index is -0.595. The maximum atomic E-state index is 11.2. The molecule has 6 heteroatoms. The predicted molar refractivity (Wildman–Crippen MR) is 96.2 cm³/mol. The van der Waals surface area contributed by atoms with Crippen molar-refractivity contribution in [3.8, 4) is 0 Å². The molecule has 0 aromatic heterocycles. The van der Waals surface area contributed by atoms with E-state index >= 15 is 0 Å². The summed E-state index contributed by atoms with van der Waals surface area (Å²) >= 11 is 0. The van der Waals surface area contributed by atoms with Crippen molar-refractivity contribution in [1.29, 1.82) is 0 Å². The maximum Gasteiger partial charge on any atom is 0.508 e. The molecule has 2 aliphatic heterocycles. The van der Waals surface area contributed by atoms with Crippen LogP contribution in [0.3, 0.4) is 0 Å². The van der Waals surface area contributed by atoms with Crippen molar-refractivity contribution < 1.29 is 23.6 Å². The molecule has 3 rings (SSSR count). The topological polar surface area (TPSA) is 54.0 Å². The van der Waals surface area contributed by atoms with Gasteiger partial charge in [0.2, 0.25) is 0 Å². The van der Waals surface area contributed by atoms with Crippen LogP contribution in [-0.2, 0) is 18.8 Å². The van der Waals surface area contributed by atoms with Gasteiger partial charge in [-0.1, -0.05) is 24.3 Å². The van der Waals surface area contributed by atoms with Crippen LogP contribution in [0.25, 0.3) is 0 Å². The smallest absolute Gasteiger partial charge is 0.433 e. The van der Waals surface area contributed by atoms with Crippen LogP contribution in [0, 0.1) is 5.41 Å². The molecule has 25 heavy (non-hydrogen) atoms. The van der Waals surface area contributed by atoms with Gasteiger partial charge in [0, 0.05) is 6.32 Å². The highest BCUT2D eigenvalue weighted by Gasteiger charge is 2.51. The fraction of sp³-hybridized carbons (Fsp3) is 0.632. The summed E-state index contributed by atoms with van der Waals surface area (Å²) in [7, 11) is -0.284. The molecule has 1 aliphatic carbocycles. The van der Waals surface area contributed by atoms with E-state index in [9.17, 15) is 4.79 Å². The lowest BCUT2D eigenvalue weighted by Crippen LogP contribution is -2.41. The van der Waals surface area contributed by atoms with Crippen molar-refractivity contribution in [1.82, 2.24) is 0 Å². The van der Waals surface area contributed by atoms with Gasteiger partial charge in [-0.3, -0.25) is 0 Å². The van der Waals surface area contributed by atoms with Crippen LogP contribution >= 0.6 is 0 Å². The predicted octanol–water partition coefficient (Wildman–Crippen LogP) is 4.06. The molecular formula is C19H27BO5. The molecule has 3 aliphatic rings. The van der Waals surface area contributed by atoms with Crippen molar-refractivity contribution >= 4 is 13.3 Å². The number of carbonyl (C=O) groups is 1. The highest BCUT2D eigenvalue weighted by Crippen LogP contribution is 2.43. The molecule has 0 radical (unpaired) electrons. The monoisotopic (exact) mass is 346 g/mol. The number of hydrogen-bond donors (Lipinski definition) is 0. The lowest BCUT2D eigenvalue weighted by Gasteiger charge is -2.36. The fourth-order valence-corrected chi connectivity index (χ4v) is 3.40. The highest BCUT2D eigenvalue weighted by molar-refractivity contribution is 6.46. The normalized spacial score (nSPS) is 26.6. The van der Waals surface area contributed by atoms with Crippen molar-refractivity contribution in [2.75, 3.05) is 13.2 Å². The van der Waals surface area contributed by atoms with Gasteiger partial charge >= 0.3 is 13.3 Å². The van der Waals surface area contributed by atoms with E-state index in [2.05, 4.69) is 46.4 Å². The molecular weight excluding hydrogens is 319 g/mol. The minimum Gasteiger partial charge on any atom is -0.433 e. The zero-order valence-electron chi connectivity index (χ0n) is 15.8. The van der Waals surface area contributed by atoms with Crippen LogP contribution in [0.5, 0.6) is 0 Å². The first-order valence-electron chi connectivity index (χ1n) is 8.77.